The van der Waals surface area contributed by atoms with Gasteiger partial charge in [0.1, 0.15) is 0 Å². The maximum atomic E-state index is 3.58. The van der Waals surface area contributed by atoms with Crippen molar-refractivity contribution in [2.24, 2.45) is 5.41 Å². The molecule has 1 aromatic carbocycles. The number of benzene rings is 1. The molecule has 0 aromatic heterocycles. The fourth-order valence-electron chi connectivity index (χ4n) is 3.14. The van der Waals surface area contributed by atoms with Gasteiger partial charge in [0, 0.05) is 11.0 Å². The van der Waals surface area contributed by atoms with Gasteiger partial charge in [-0.15, -0.1) is 0 Å². The van der Waals surface area contributed by atoms with Crippen molar-refractivity contribution in [1.29, 1.82) is 0 Å². The van der Waals surface area contributed by atoms with E-state index in [0.717, 1.165) is 6.54 Å². The lowest BCUT2D eigenvalue weighted by atomic mass is 9.70. The molecule has 1 saturated carbocycles. The average molecular weight is 310 g/mol. The lowest BCUT2D eigenvalue weighted by Gasteiger charge is -2.38. The highest BCUT2D eigenvalue weighted by Gasteiger charge is 2.31. The van der Waals surface area contributed by atoms with Crippen LogP contribution in [-0.2, 0) is 6.42 Å². The van der Waals surface area contributed by atoms with E-state index in [1.807, 2.05) is 0 Å². The number of hydrogen-bond donors (Lipinski definition) is 1. The standard InChI is InChI=1S/C16H24BrN/c1-2-18-13-16(10-4-3-5-11-16)12-14-6-8-15(17)9-7-14/h6-9,18H,2-5,10-13H2,1H3. The molecular formula is C16H24BrN. The van der Waals surface area contributed by atoms with Crippen LogP contribution in [0.3, 0.4) is 0 Å². The first kappa shape index (κ1) is 14.1. The van der Waals surface area contributed by atoms with Gasteiger partial charge in [0.05, 0.1) is 0 Å². The molecule has 1 aliphatic carbocycles. The molecule has 0 aliphatic heterocycles. The van der Waals surface area contributed by atoms with Gasteiger partial charge in [-0.1, -0.05) is 54.2 Å². The van der Waals surface area contributed by atoms with Crippen LogP contribution in [0.4, 0.5) is 0 Å². The van der Waals surface area contributed by atoms with E-state index in [0.29, 0.717) is 5.41 Å². The normalized spacial score (nSPS) is 18.8. The summed E-state index contributed by atoms with van der Waals surface area (Å²) in [5, 5.41) is 3.58. The third-order valence-electron chi connectivity index (χ3n) is 4.16. The predicted molar refractivity (Wildman–Crippen MR) is 81.9 cm³/mol. The van der Waals surface area contributed by atoms with Crippen molar-refractivity contribution < 1.29 is 0 Å². The molecule has 100 valence electrons. The van der Waals surface area contributed by atoms with Crippen LogP contribution in [0.5, 0.6) is 0 Å². The molecule has 0 saturated heterocycles. The minimum atomic E-state index is 0.502. The van der Waals surface area contributed by atoms with E-state index in [1.54, 1.807) is 0 Å². The molecule has 2 rings (SSSR count). The largest absolute Gasteiger partial charge is 0.316 e. The summed E-state index contributed by atoms with van der Waals surface area (Å²) in [5.41, 5.74) is 1.99. The quantitative estimate of drug-likeness (QED) is 0.841. The number of halogens is 1. The molecule has 18 heavy (non-hydrogen) atoms. The monoisotopic (exact) mass is 309 g/mol. The topological polar surface area (TPSA) is 12.0 Å². The first-order valence-electron chi connectivity index (χ1n) is 7.19. The summed E-state index contributed by atoms with van der Waals surface area (Å²) in [7, 11) is 0. The van der Waals surface area contributed by atoms with E-state index >= 15 is 0 Å². The van der Waals surface area contributed by atoms with E-state index in [4.69, 9.17) is 0 Å². The molecule has 2 heteroatoms. The Morgan fingerprint density at radius 2 is 1.78 bits per heavy atom. The molecule has 1 N–H and O–H groups in total. The van der Waals surface area contributed by atoms with E-state index in [1.165, 1.54) is 55.1 Å². The van der Waals surface area contributed by atoms with Gasteiger partial charge in [-0.25, -0.2) is 0 Å². The highest BCUT2D eigenvalue weighted by molar-refractivity contribution is 9.10. The van der Waals surface area contributed by atoms with Crippen LogP contribution in [0.2, 0.25) is 0 Å². The molecule has 0 unspecified atom stereocenters. The second-order valence-corrected chi connectivity index (χ2v) is 6.56. The first-order valence-corrected chi connectivity index (χ1v) is 7.99. The zero-order valence-electron chi connectivity index (χ0n) is 11.3. The van der Waals surface area contributed by atoms with Gasteiger partial charge in [0.25, 0.3) is 0 Å². The average Bonchev–Trinajstić information content (AvgIpc) is 2.40. The Morgan fingerprint density at radius 1 is 1.11 bits per heavy atom. The van der Waals surface area contributed by atoms with Gasteiger partial charge in [-0.3, -0.25) is 0 Å². The van der Waals surface area contributed by atoms with Gasteiger partial charge in [-0.05, 0) is 48.9 Å². The van der Waals surface area contributed by atoms with Crippen LogP contribution in [0, 0.1) is 5.41 Å². The summed E-state index contributed by atoms with van der Waals surface area (Å²) in [5.74, 6) is 0. The van der Waals surface area contributed by atoms with Gasteiger partial charge in [0.2, 0.25) is 0 Å². The molecule has 0 spiro atoms. The predicted octanol–water partition coefficient (Wildman–Crippen LogP) is 4.55. The maximum absolute atomic E-state index is 3.58. The van der Waals surface area contributed by atoms with Gasteiger partial charge < -0.3 is 5.32 Å². The van der Waals surface area contributed by atoms with Crippen molar-refractivity contribution in [2.75, 3.05) is 13.1 Å². The molecule has 0 heterocycles. The molecular weight excluding hydrogens is 286 g/mol. The molecule has 0 amide bonds. The number of nitrogens with one attached hydrogen (secondary N) is 1. The number of hydrogen-bond acceptors (Lipinski definition) is 1. The SMILES string of the molecule is CCNCC1(Cc2ccc(Br)cc2)CCCCC1. The van der Waals surface area contributed by atoms with E-state index < -0.39 is 0 Å². The maximum Gasteiger partial charge on any atom is 0.0175 e. The molecule has 1 nitrogen and oxygen atoms in total. The Morgan fingerprint density at radius 3 is 2.39 bits per heavy atom. The Labute approximate surface area is 119 Å². The summed E-state index contributed by atoms with van der Waals surface area (Å²) < 4.78 is 1.18. The minimum Gasteiger partial charge on any atom is -0.316 e. The molecule has 0 bridgehead atoms. The second kappa shape index (κ2) is 6.72. The highest BCUT2D eigenvalue weighted by Crippen LogP contribution is 2.38. The van der Waals surface area contributed by atoms with Crippen molar-refractivity contribution in [3.8, 4) is 0 Å². The van der Waals surface area contributed by atoms with Crippen LogP contribution < -0.4 is 5.32 Å². The lowest BCUT2D eigenvalue weighted by molar-refractivity contribution is 0.182. The lowest BCUT2D eigenvalue weighted by Crippen LogP contribution is -2.37. The molecule has 1 aliphatic rings. The first-order chi connectivity index (χ1) is 8.74. The van der Waals surface area contributed by atoms with Crippen molar-refractivity contribution >= 4 is 15.9 Å². The van der Waals surface area contributed by atoms with Gasteiger partial charge in [0.15, 0.2) is 0 Å². The third kappa shape index (κ3) is 3.83. The van der Waals surface area contributed by atoms with Crippen molar-refractivity contribution in [3.05, 3.63) is 34.3 Å². The summed E-state index contributed by atoms with van der Waals surface area (Å²) >= 11 is 3.51. The summed E-state index contributed by atoms with van der Waals surface area (Å²) in [4.78, 5) is 0. The second-order valence-electron chi connectivity index (χ2n) is 5.64. The molecule has 0 radical (unpaired) electrons. The zero-order valence-corrected chi connectivity index (χ0v) is 12.9. The van der Waals surface area contributed by atoms with Gasteiger partial charge in [-0.2, -0.15) is 0 Å². The fourth-order valence-corrected chi connectivity index (χ4v) is 3.41. The van der Waals surface area contributed by atoms with E-state index in [-0.39, 0.29) is 0 Å². The highest BCUT2D eigenvalue weighted by atomic mass is 79.9. The summed E-state index contributed by atoms with van der Waals surface area (Å²) in [6, 6.07) is 8.87. The summed E-state index contributed by atoms with van der Waals surface area (Å²) in [6.07, 6.45) is 8.23. The van der Waals surface area contributed by atoms with Crippen molar-refractivity contribution in [1.82, 2.24) is 5.32 Å². The van der Waals surface area contributed by atoms with Crippen LogP contribution in [0.25, 0.3) is 0 Å². The molecule has 1 aromatic rings. The van der Waals surface area contributed by atoms with E-state index in [2.05, 4.69) is 52.4 Å². The summed E-state index contributed by atoms with van der Waals surface area (Å²) in [6.45, 7) is 4.47. The third-order valence-corrected chi connectivity index (χ3v) is 4.69. The van der Waals surface area contributed by atoms with Crippen LogP contribution in [0.1, 0.15) is 44.6 Å². The Hall–Kier alpha value is -0.340. The van der Waals surface area contributed by atoms with Crippen molar-refractivity contribution in [3.63, 3.8) is 0 Å². The smallest absolute Gasteiger partial charge is 0.0175 e. The Bertz CT molecular complexity index is 352. The molecule has 0 atom stereocenters. The van der Waals surface area contributed by atoms with Gasteiger partial charge >= 0.3 is 0 Å². The van der Waals surface area contributed by atoms with Crippen molar-refractivity contribution in [2.45, 2.75) is 45.4 Å². The van der Waals surface area contributed by atoms with Crippen LogP contribution >= 0.6 is 15.9 Å². The van der Waals surface area contributed by atoms with Crippen LogP contribution in [0.15, 0.2) is 28.7 Å². The Balaban J connectivity index is 2.06. The number of rotatable bonds is 5. The molecule has 1 fully saturated rings. The minimum absolute atomic E-state index is 0.502. The van der Waals surface area contributed by atoms with Crippen LogP contribution in [-0.4, -0.2) is 13.1 Å². The Kier molecular flexibility index (Phi) is 5.25. The fraction of sp³-hybridized carbons (Fsp3) is 0.625. The zero-order chi connectivity index (χ0) is 12.8. The van der Waals surface area contributed by atoms with E-state index in [9.17, 15) is 0 Å².